The maximum absolute atomic E-state index is 11.9. The van der Waals surface area contributed by atoms with Gasteiger partial charge in [-0.3, -0.25) is 4.79 Å². The third-order valence-electron chi connectivity index (χ3n) is 3.61. The number of carbonyl (C=O) groups is 2. The molecule has 6 heteroatoms. The van der Waals surface area contributed by atoms with Crippen LogP contribution in [0.15, 0.2) is 66.7 Å². The van der Waals surface area contributed by atoms with Gasteiger partial charge in [0, 0.05) is 8.96 Å². The van der Waals surface area contributed by atoms with Crippen molar-refractivity contribution in [3.05, 3.63) is 70.3 Å². The van der Waals surface area contributed by atoms with E-state index >= 15 is 0 Å². The molecule has 0 spiro atoms. The van der Waals surface area contributed by atoms with Crippen molar-refractivity contribution >= 4 is 50.9 Å². The van der Waals surface area contributed by atoms with Gasteiger partial charge in [-0.25, -0.2) is 4.79 Å². The van der Waals surface area contributed by atoms with Crippen molar-refractivity contribution in [1.82, 2.24) is 0 Å². The number of fused-ring (bicyclic) bond motifs is 1. The summed E-state index contributed by atoms with van der Waals surface area (Å²) < 4.78 is 11.4. The normalized spacial score (nSPS) is 10.3. The smallest absolute Gasteiger partial charge is 0.344 e. The SMILES string of the molecule is O=C(COC(=O)COc1cccc2ccccc12)Nc1ccccc1I. The lowest BCUT2D eigenvalue weighted by atomic mass is 10.1. The predicted molar refractivity (Wildman–Crippen MR) is 108 cm³/mol. The molecule has 0 aliphatic rings. The highest BCUT2D eigenvalue weighted by atomic mass is 127. The summed E-state index contributed by atoms with van der Waals surface area (Å²) in [6.45, 7) is -0.618. The van der Waals surface area contributed by atoms with E-state index in [0.717, 1.165) is 14.3 Å². The number of rotatable bonds is 6. The van der Waals surface area contributed by atoms with Crippen LogP contribution in [-0.2, 0) is 14.3 Å². The van der Waals surface area contributed by atoms with Gasteiger partial charge in [-0.1, -0.05) is 48.5 Å². The van der Waals surface area contributed by atoms with Crippen LogP contribution in [0.3, 0.4) is 0 Å². The van der Waals surface area contributed by atoms with Crippen LogP contribution >= 0.6 is 22.6 Å². The average Bonchev–Trinajstić information content (AvgIpc) is 2.66. The van der Waals surface area contributed by atoms with Crippen LogP contribution in [-0.4, -0.2) is 25.1 Å². The van der Waals surface area contributed by atoms with E-state index in [9.17, 15) is 9.59 Å². The zero-order valence-electron chi connectivity index (χ0n) is 13.8. The predicted octanol–water partition coefficient (Wildman–Crippen LogP) is 4.01. The molecule has 0 bridgehead atoms. The minimum Gasteiger partial charge on any atom is -0.481 e. The van der Waals surface area contributed by atoms with Crippen LogP contribution < -0.4 is 10.1 Å². The van der Waals surface area contributed by atoms with Crippen molar-refractivity contribution in [2.24, 2.45) is 0 Å². The summed E-state index contributed by atoms with van der Waals surface area (Å²) in [6.07, 6.45) is 0. The summed E-state index contributed by atoms with van der Waals surface area (Å²) in [7, 11) is 0. The van der Waals surface area contributed by atoms with Crippen molar-refractivity contribution in [1.29, 1.82) is 0 Å². The Labute approximate surface area is 164 Å². The molecule has 0 aliphatic carbocycles. The second-order valence-corrected chi connectivity index (χ2v) is 6.62. The molecular formula is C20H16INO4. The number of para-hydroxylation sites is 1. The lowest BCUT2D eigenvalue weighted by Gasteiger charge is -2.10. The molecule has 0 fully saturated rings. The maximum Gasteiger partial charge on any atom is 0.344 e. The van der Waals surface area contributed by atoms with Crippen LogP contribution in [0.1, 0.15) is 0 Å². The first kappa shape index (κ1) is 18.2. The van der Waals surface area contributed by atoms with E-state index < -0.39 is 11.9 Å². The molecule has 1 N–H and O–H groups in total. The first-order valence-electron chi connectivity index (χ1n) is 7.94. The van der Waals surface area contributed by atoms with Gasteiger partial charge in [0.25, 0.3) is 5.91 Å². The van der Waals surface area contributed by atoms with E-state index in [1.807, 2.05) is 54.6 Å². The van der Waals surface area contributed by atoms with Gasteiger partial charge in [-0.05, 0) is 46.2 Å². The number of halogens is 1. The molecule has 1 amide bonds. The van der Waals surface area contributed by atoms with Gasteiger partial charge in [-0.15, -0.1) is 0 Å². The van der Waals surface area contributed by atoms with Crippen LogP contribution in [0.2, 0.25) is 0 Å². The lowest BCUT2D eigenvalue weighted by Crippen LogP contribution is -2.24. The average molecular weight is 461 g/mol. The number of anilines is 1. The minimum absolute atomic E-state index is 0.260. The number of hydrogen-bond donors (Lipinski definition) is 1. The summed E-state index contributed by atoms with van der Waals surface area (Å²) >= 11 is 2.12. The number of hydrogen-bond acceptors (Lipinski definition) is 4. The Kier molecular flexibility index (Phi) is 6.06. The molecule has 0 unspecified atom stereocenters. The van der Waals surface area contributed by atoms with Crippen molar-refractivity contribution in [2.75, 3.05) is 18.5 Å². The van der Waals surface area contributed by atoms with E-state index in [4.69, 9.17) is 9.47 Å². The molecule has 0 atom stereocenters. The van der Waals surface area contributed by atoms with Gasteiger partial charge in [0.05, 0.1) is 5.69 Å². The standard InChI is InChI=1S/C20H16INO4/c21-16-9-3-4-10-17(16)22-19(23)12-26-20(24)13-25-18-11-5-7-14-6-1-2-8-15(14)18/h1-11H,12-13H2,(H,22,23). The summed E-state index contributed by atoms with van der Waals surface area (Å²) in [4.78, 5) is 23.7. The van der Waals surface area contributed by atoms with Crippen LogP contribution in [0.4, 0.5) is 5.69 Å². The number of carbonyl (C=O) groups excluding carboxylic acids is 2. The first-order chi connectivity index (χ1) is 12.6. The van der Waals surface area contributed by atoms with Crippen molar-refractivity contribution in [3.63, 3.8) is 0 Å². The fourth-order valence-electron chi connectivity index (χ4n) is 2.39. The molecule has 26 heavy (non-hydrogen) atoms. The molecule has 132 valence electrons. The van der Waals surface area contributed by atoms with E-state index in [-0.39, 0.29) is 13.2 Å². The lowest BCUT2D eigenvalue weighted by molar-refractivity contribution is -0.149. The first-order valence-corrected chi connectivity index (χ1v) is 9.02. The molecule has 0 saturated carbocycles. The van der Waals surface area contributed by atoms with Crippen molar-refractivity contribution in [2.45, 2.75) is 0 Å². The fraction of sp³-hybridized carbons (Fsp3) is 0.100. The molecule has 0 heterocycles. The summed E-state index contributed by atoms with van der Waals surface area (Å²) in [6, 6.07) is 20.7. The van der Waals surface area contributed by atoms with Gasteiger partial charge in [0.2, 0.25) is 0 Å². The molecule has 3 rings (SSSR count). The zero-order valence-corrected chi connectivity index (χ0v) is 15.9. The second-order valence-electron chi connectivity index (χ2n) is 5.45. The monoisotopic (exact) mass is 461 g/mol. The van der Waals surface area contributed by atoms with E-state index in [2.05, 4.69) is 27.9 Å². The maximum atomic E-state index is 11.9. The highest BCUT2D eigenvalue weighted by Crippen LogP contribution is 2.25. The van der Waals surface area contributed by atoms with Crippen LogP contribution in [0, 0.1) is 3.57 Å². The quantitative estimate of drug-likeness (QED) is 0.445. The number of benzene rings is 3. The fourth-order valence-corrected chi connectivity index (χ4v) is 2.92. The Balaban J connectivity index is 1.50. The zero-order chi connectivity index (χ0) is 18.4. The van der Waals surface area contributed by atoms with Crippen LogP contribution in [0.25, 0.3) is 10.8 Å². The largest absolute Gasteiger partial charge is 0.481 e. The van der Waals surface area contributed by atoms with Gasteiger partial charge in [0.15, 0.2) is 13.2 Å². The Morgan fingerprint density at radius 1 is 0.885 bits per heavy atom. The van der Waals surface area contributed by atoms with E-state index in [1.165, 1.54) is 0 Å². The van der Waals surface area contributed by atoms with Gasteiger partial charge in [-0.2, -0.15) is 0 Å². The van der Waals surface area contributed by atoms with Gasteiger partial charge >= 0.3 is 5.97 Å². The molecule has 3 aromatic rings. The Hall–Kier alpha value is -2.61. The summed E-state index contributed by atoms with van der Waals surface area (Å²) in [5.41, 5.74) is 0.682. The number of ether oxygens (including phenoxy) is 2. The molecular weight excluding hydrogens is 445 g/mol. The highest BCUT2D eigenvalue weighted by Gasteiger charge is 2.11. The third kappa shape index (κ3) is 4.72. The molecule has 0 radical (unpaired) electrons. The number of amides is 1. The topological polar surface area (TPSA) is 64.6 Å². The third-order valence-corrected chi connectivity index (χ3v) is 4.55. The number of esters is 1. The summed E-state index contributed by atoms with van der Waals surface area (Å²) in [5, 5.41) is 4.64. The van der Waals surface area contributed by atoms with Crippen molar-refractivity contribution < 1.29 is 19.1 Å². The Morgan fingerprint density at radius 2 is 1.62 bits per heavy atom. The van der Waals surface area contributed by atoms with Crippen LogP contribution in [0.5, 0.6) is 5.75 Å². The molecule has 0 aromatic heterocycles. The molecule has 5 nitrogen and oxygen atoms in total. The Bertz CT molecular complexity index is 937. The molecule has 0 aliphatic heterocycles. The van der Waals surface area contributed by atoms with Gasteiger partial charge in [0.1, 0.15) is 5.75 Å². The molecule has 0 saturated heterocycles. The number of nitrogens with one attached hydrogen (secondary N) is 1. The Morgan fingerprint density at radius 3 is 2.46 bits per heavy atom. The second kappa shape index (κ2) is 8.66. The van der Waals surface area contributed by atoms with Gasteiger partial charge < -0.3 is 14.8 Å². The van der Waals surface area contributed by atoms with E-state index in [0.29, 0.717) is 11.4 Å². The minimum atomic E-state index is -0.601. The van der Waals surface area contributed by atoms with E-state index in [1.54, 1.807) is 12.1 Å². The molecule has 3 aromatic carbocycles. The summed E-state index contributed by atoms with van der Waals surface area (Å²) in [5.74, 6) is -0.396. The van der Waals surface area contributed by atoms with Crippen molar-refractivity contribution in [3.8, 4) is 5.75 Å². The highest BCUT2D eigenvalue weighted by molar-refractivity contribution is 14.1.